The van der Waals surface area contributed by atoms with E-state index in [1.807, 2.05) is 13.0 Å². The van der Waals surface area contributed by atoms with Crippen molar-refractivity contribution in [2.24, 2.45) is 5.41 Å². The van der Waals surface area contributed by atoms with Crippen LogP contribution in [0.2, 0.25) is 5.28 Å². The van der Waals surface area contributed by atoms with Gasteiger partial charge < -0.3 is 5.32 Å². The molecule has 2 rings (SSSR count). The first-order chi connectivity index (χ1) is 7.44. The average Bonchev–Trinajstić information content (AvgIpc) is 2.43. The first kappa shape index (κ1) is 11.6. The standard InChI is InChI=1S/C12H18ClN3/c1-8-6-10(16-11(13)14-8)15-9-4-5-12(2,3)7-9/h6,9H,4-5,7H2,1-3H3,(H,14,15,16). The van der Waals surface area contributed by atoms with E-state index in [0.29, 0.717) is 16.7 Å². The van der Waals surface area contributed by atoms with Crippen molar-refractivity contribution in [2.75, 3.05) is 5.32 Å². The minimum Gasteiger partial charge on any atom is -0.367 e. The maximum Gasteiger partial charge on any atom is 0.224 e. The molecule has 1 aromatic rings. The molecule has 0 aliphatic heterocycles. The van der Waals surface area contributed by atoms with Crippen LogP contribution in [0.1, 0.15) is 38.8 Å². The predicted molar refractivity (Wildman–Crippen MR) is 66.8 cm³/mol. The van der Waals surface area contributed by atoms with Crippen LogP contribution in [-0.2, 0) is 0 Å². The van der Waals surface area contributed by atoms with Gasteiger partial charge in [0.05, 0.1) is 0 Å². The molecular weight excluding hydrogens is 222 g/mol. The minimum absolute atomic E-state index is 0.319. The normalized spacial score (nSPS) is 23.4. The van der Waals surface area contributed by atoms with Crippen molar-refractivity contribution in [2.45, 2.75) is 46.1 Å². The summed E-state index contributed by atoms with van der Waals surface area (Å²) in [5.41, 5.74) is 1.35. The molecule has 0 spiro atoms. The summed E-state index contributed by atoms with van der Waals surface area (Å²) >= 11 is 5.83. The van der Waals surface area contributed by atoms with Crippen LogP contribution < -0.4 is 5.32 Å². The Balaban J connectivity index is 2.05. The van der Waals surface area contributed by atoms with Gasteiger partial charge >= 0.3 is 0 Å². The van der Waals surface area contributed by atoms with Crippen LogP contribution in [0.4, 0.5) is 5.82 Å². The van der Waals surface area contributed by atoms with E-state index in [1.54, 1.807) is 0 Å². The topological polar surface area (TPSA) is 37.8 Å². The number of aromatic nitrogens is 2. The lowest BCUT2D eigenvalue weighted by atomic mass is 9.92. The van der Waals surface area contributed by atoms with Gasteiger partial charge in [0.1, 0.15) is 5.82 Å². The van der Waals surface area contributed by atoms with Gasteiger partial charge in [0, 0.05) is 17.8 Å². The third-order valence-electron chi connectivity index (χ3n) is 3.15. The molecular formula is C12H18ClN3. The van der Waals surface area contributed by atoms with Crippen LogP contribution in [0.15, 0.2) is 6.07 Å². The molecule has 1 aliphatic rings. The highest BCUT2D eigenvalue weighted by Gasteiger charge is 2.30. The van der Waals surface area contributed by atoms with E-state index in [4.69, 9.17) is 11.6 Å². The lowest BCUT2D eigenvalue weighted by Gasteiger charge is -2.18. The van der Waals surface area contributed by atoms with Crippen LogP contribution in [-0.4, -0.2) is 16.0 Å². The number of nitrogens with one attached hydrogen (secondary N) is 1. The number of anilines is 1. The number of rotatable bonds is 2. The maximum atomic E-state index is 5.83. The van der Waals surface area contributed by atoms with Gasteiger partial charge in [-0.15, -0.1) is 0 Å². The highest BCUT2D eigenvalue weighted by molar-refractivity contribution is 6.28. The van der Waals surface area contributed by atoms with Crippen molar-refractivity contribution in [3.05, 3.63) is 17.0 Å². The van der Waals surface area contributed by atoms with Gasteiger partial charge in [0.25, 0.3) is 0 Å². The fraction of sp³-hybridized carbons (Fsp3) is 0.667. The molecule has 1 fully saturated rings. The van der Waals surface area contributed by atoms with Gasteiger partial charge in [-0.25, -0.2) is 9.97 Å². The first-order valence-electron chi connectivity index (χ1n) is 5.72. The Bertz CT molecular complexity index is 370. The van der Waals surface area contributed by atoms with Gasteiger partial charge in [-0.05, 0) is 43.2 Å². The molecule has 88 valence electrons. The first-order valence-corrected chi connectivity index (χ1v) is 6.10. The Hall–Kier alpha value is -0.830. The van der Waals surface area contributed by atoms with Gasteiger partial charge in [0.15, 0.2) is 0 Å². The predicted octanol–water partition coefficient (Wildman–Crippen LogP) is 3.43. The number of halogens is 1. The van der Waals surface area contributed by atoms with E-state index in [9.17, 15) is 0 Å². The summed E-state index contributed by atoms with van der Waals surface area (Å²) in [5, 5.41) is 3.76. The fourth-order valence-corrected chi connectivity index (χ4v) is 2.60. The molecule has 1 aromatic heterocycles. The molecule has 0 saturated heterocycles. The van der Waals surface area contributed by atoms with Crippen molar-refractivity contribution in [3.8, 4) is 0 Å². The molecule has 1 heterocycles. The van der Waals surface area contributed by atoms with Crippen LogP contribution in [0, 0.1) is 12.3 Å². The summed E-state index contributed by atoms with van der Waals surface area (Å²) < 4.78 is 0. The number of nitrogens with zero attached hydrogens (tertiary/aromatic N) is 2. The lowest BCUT2D eigenvalue weighted by molar-refractivity contribution is 0.378. The summed E-state index contributed by atoms with van der Waals surface area (Å²) in [4.78, 5) is 8.24. The van der Waals surface area contributed by atoms with E-state index in [-0.39, 0.29) is 0 Å². The third kappa shape index (κ3) is 2.85. The Morgan fingerprint density at radius 3 is 2.75 bits per heavy atom. The van der Waals surface area contributed by atoms with E-state index in [2.05, 4.69) is 29.1 Å². The SMILES string of the molecule is Cc1cc(NC2CCC(C)(C)C2)nc(Cl)n1. The molecule has 1 atom stereocenters. The summed E-state index contributed by atoms with van der Waals surface area (Å²) in [6.07, 6.45) is 3.66. The van der Waals surface area contributed by atoms with E-state index in [0.717, 1.165) is 11.5 Å². The van der Waals surface area contributed by atoms with Gasteiger partial charge in [0.2, 0.25) is 5.28 Å². The summed E-state index contributed by atoms with van der Waals surface area (Å²) in [7, 11) is 0. The highest BCUT2D eigenvalue weighted by Crippen LogP contribution is 2.38. The molecule has 1 aliphatic carbocycles. The Morgan fingerprint density at radius 1 is 1.44 bits per heavy atom. The zero-order valence-corrected chi connectivity index (χ0v) is 10.8. The van der Waals surface area contributed by atoms with Crippen LogP contribution in [0.5, 0.6) is 0 Å². The molecule has 16 heavy (non-hydrogen) atoms. The molecule has 0 bridgehead atoms. The smallest absolute Gasteiger partial charge is 0.224 e. The fourth-order valence-electron chi connectivity index (χ4n) is 2.37. The second-order valence-electron chi connectivity index (χ2n) is 5.41. The summed E-state index contributed by atoms with van der Waals surface area (Å²) in [6, 6.07) is 2.46. The molecule has 0 radical (unpaired) electrons. The highest BCUT2D eigenvalue weighted by atomic mass is 35.5. The van der Waals surface area contributed by atoms with Crippen LogP contribution in [0.3, 0.4) is 0 Å². The number of hydrogen-bond acceptors (Lipinski definition) is 3. The van der Waals surface area contributed by atoms with Gasteiger partial charge in [-0.1, -0.05) is 13.8 Å². The summed E-state index contributed by atoms with van der Waals surface area (Å²) in [6.45, 7) is 6.55. The maximum absolute atomic E-state index is 5.83. The molecule has 4 heteroatoms. The second-order valence-corrected chi connectivity index (χ2v) is 5.75. The van der Waals surface area contributed by atoms with E-state index < -0.39 is 0 Å². The zero-order chi connectivity index (χ0) is 11.8. The minimum atomic E-state index is 0.319. The van der Waals surface area contributed by atoms with Crippen molar-refractivity contribution >= 4 is 17.4 Å². The molecule has 1 N–H and O–H groups in total. The zero-order valence-electron chi connectivity index (χ0n) is 10.0. The van der Waals surface area contributed by atoms with Gasteiger partial charge in [-0.3, -0.25) is 0 Å². The van der Waals surface area contributed by atoms with E-state index >= 15 is 0 Å². The molecule has 3 nitrogen and oxygen atoms in total. The van der Waals surface area contributed by atoms with Crippen LogP contribution >= 0.6 is 11.6 Å². The van der Waals surface area contributed by atoms with Crippen molar-refractivity contribution < 1.29 is 0 Å². The Kier molecular flexibility index (Phi) is 3.06. The Morgan fingerprint density at radius 2 is 2.19 bits per heavy atom. The second kappa shape index (κ2) is 4.21. The van der Waals surface area contributed by atoms with Crippen LogP contribution in [0.25, 0.3) is 0 Å². The number of hydrogen-bond donors (Lipinski definition) is 1. The third-order valence-corrected chi connectivity index (χ3v) is 3.32. The summed E-state index contributed by atoms with van der Waals surface area (Å²) in [5.74, 6) is 0.847. The van der Waals surface area contributed by atoms with Gasteiger partial charge in [-0.2, -0.15) is 0 Å². The molecule has 0 amide bonds. The van der Waals surface area contributed by atoms with Crippen molar-refractivity contribution in [1.29, 1.82) is 0 Å². The molecule has 0 aromatic carbocycles. The quantitative estimate of drug-likeness (QED) is 0.804. The average molecular weight is 240 g/mol. The molecule has 1 saturated carbocycles. The molecule has 1 unspecified atom stereocenters. The Labute approximate surface area is 102 Å². The lowest BCUT2D eigenvalue weighted by Crippen LogP contribution is -2.18. The van der Waals surface area contributed by atoms with Crippen molar-refractivity contribution in [3.63, 3.8) is 0 Å². The number of aryl methyl sites for hydroxylation is 1. The van der Waals surface area contributed by atoms with Crippen molar-refractivity contribution in [1.82, 2.24) is 9.97 Å². The largest absolute Gasteiger partial charge is 0.367 e. The van der Waals surface area contributed by atoms with E-state index in [1.165, 1.54) is 19.3 Å². The monoisotopic (exact) mass is 239 g/mol.